The molecule has 0 spiro atoms. The van der Waals surface area contributed by atoms with Crippen LogP contribution in [-0.2, 0) is 0 Å². The Balaban J connectivity index is 3.17. The summed E-state index contributed by atoms with van der Waals surface area (Å²) >= 11 is 4.40. The summed E-state index contributed by atoms with van der Waals surface area (Å²) in [5.41, 5.74) is 0. The van der Waals surface area contributed by atoms with Gasteiger partial charge in [-0.15, -0.1) is 46.2 Å². The molecule has 1 aromatic heterocycles. The Kier molecular flexibility index (Phi) is 13.0. The van der Waals surface area contributed by atoms with Gasteiger partial charge in [-0.1, -0.05) is 12.2 Å². The molecule has 0 unspecified atom stereocenters. The first kappa shape index (κ1) is 47.2. The monoisotopic (exact) mass is 890 g/mol. The van der Waals surface area contributed by atoms with Crippen LogP contribution in [0.3, 0.4) is 0 Å². The zero-order chi connectivity index (χ0) is 40.4. The van der Waals surface area contributed by atoms with Crippen LogP contribution in [0.15, 0.2) is 8.42 Å². The third-order valence-electron chi connectivity index (χ3n) is 5.81. The van der Waals surface area contributed by atoms with Crippen LogP contribution in [0.25, 0.3) is 0 Å². The highest BCUT2D eigenvalue weighted by Crippen LogP contribution is 2.62. The molecular formula is C19H8F26S5. The zero-order valence-corrected chi connectivity index (χ0v) is 26.3. The SMILES string of the molecule is FC(F)(F)C(F)(F)C(F)(F)C(F)(F)C(F)(F)C(F)(F)CCSc1sc(=S)sc1SCCC(F)(F)C(F)(F)C(F)(F)C(F)(F)C(F)(F)C(F)(F)F. The van der Waals surface area contributed by atoms with E-state index in [2.05, 4.69) is 12.2 Å². The van der Waals surface area contributed by atoms with E-state index < -0.39 is 107 Å². The lowest BCUT2D eigenvalue weighted by molar-refractivity contribution is -0.439. The van der Waals surface area contributed by atoms with Crippen LogP contribution < -0.4 is 0 Å². The lowest BCUT2D eigenvalue weighted by Gasteiger charge is -2.39. The number of alkyl halides is 26. The van der Waals surface area contributed by atoms with Crippen molar-refractivity contribution >= 4 is 58.4 Å². The molecule has 0 amide bonds. The Labute approximate surface area is 279 Å². The summed E-state index contributed by atoms with van der Waals surface area (Å²) in [5.74, 6) is -80.4. The third-order valence-corrected chi connectivity index (χ3v) is 11.4. The van der Waals surface area contributed by atoms with Gasteiger partial charge < -0.3 is 0 Å². The number of hydrogen-bond acceptors (Lipinski definition) is 5. The van der Waals surface area contributed by atoms with Crippen molar-refractivity contribution in [1.82, 2.24) is 0 Å². The average Bonchev–Trinajstić information content (AvgIpc) is 3.24. The van der Waals surface area contributed by atoms with Crippen LogP contribution >= 0.6 is 58.4 Å². The van der Waals surface area contributed by atoms with E-state index in [-0.39, 0.29) is 46.2 Å². The number of halogens is 26. The molecule has 296 valence electrons. The second kappa shape index (κ2) is 13.8. The summed E-state index contributed by atoms with van der Waals surface area (Å²) in [6.45, 7) is 0. The molecule has 0 radical (unpaired) electrons. The van der Waals surface area contributed by atoms with E-state index in [9.17, 15) is 114 Å². The highest BCUT2D eigenvalue weighted by atomic mass is 32.2. The highest BCUT2D eigenvalue weighted by Gasteiger charge is 2.92. The maximum Gasteiger partial charge on any atom is 0.460 e. The number of thioether (sulfide) groups is 2. The van der Waals surface area contributed by atoms with Crippen molar-refractivity contribution in [1.29, 1.82) is 0 Å². The molecule has 0 aliphatic rings. The predicted molar refractivity (Wildman–Crippen MR) is 125 cm³/mol. The van der Waals surface area contributed by atoms with Crippen molar-refractivity contribution in [2.75, 3.05) is 11.5 Å². The minimum Gasteiger partial charge on any atom is -0.200 e. The summed E-state index contributed by atoms with van der Waals surface area (Å²) in [5, 5.41) is 0. The lowest BCUT2D eigenvalue weighted by Crippen LogP contribution is -2.70. The molecule has 0 fully saturated rings. The number of rotatable bonds is 16. The van der Waals surface area contributed by atoms with Gasteiger partial charge in [-0.2, -0.15) is 114 Å². The van der Waals surface area contributed by atoms with Crippen molar-refractivity contribution in [2.45, 2.75) is 92.8 Å². The molecule has 0 saturated heterocycles. The summed E-state index contributed by atoms with van der Waals surface area (Å²) < 4.78 is 342. The van der Waals surface area contributed by atoms with Crippen LogP contribution in [0.2, 0.25) is 0 Å². The van der Waals surface area contributed by atoms with E-state index in [0.717, 1.165) is 0 Å². The highest BCUT2D eigenvalue weighted by molar-refractivity contribution is 8.05. The van der Waals surface area contributed by atoms with Gasteiger partial charge in [0.1, 0.15) is 3.14 Å². The van der Waals surface area contributed by atoms with Crippen molar-refractivity contribution in [3.05, 3.63) is 3.14 Å². The molecule has 0 aromatic carbocycles. The standard InChI is InChI=1S/C19H8F26S5/c20-8(21,10(24,25)12(28,29)14(32,33)16(36,37)18(40,41)42)1-3-47-5-6(50-7(46)49-5)48-4-2-9(22,23)11(26,27)13(30,31)15(34,35)17(38,39)19(43,44)45/h1-4H2. The molecule has 50 heavy (non-hydrogen) atoms. The maximum absolute atomic E-state index is 14.0. The second-order valence-electron chi connectivity index (χ2n) is 9.23. The molecular weight excluding hydrogens is 882 g/mol. The molecule has 0 aliphatic carbocycles. The minimum absolute atomic E-state index is 0.170. The third kappa shape index (κ3) is 7.57. The van der Waals surface area contributed by atoms with Gasteiger partial charge in [-0.05, 0) is 0 Å². The predicted octanol–water partition coefficient (Wildman–Crippen LogP) is 13.0. The molecule has 1 aromatic rings. The molecule has 0 bridgehead atoms. The van der Waals surface area contributed by atoms with Gasteiger partial charge >= 0.3 is 71.6 Å². The van der Waals surface area contributed by atoms with Crippen LogP contribution in [-0.4, -0.2) is 83.1 Å². The van der Waals surface area contributed by atoms with E-state index in [1.165, 1.54) is 0 Å². The smallest absolute Gasteiger partial charge is 0.200 e. The first-order valence-electron chi connectivity index (χ1n) is 11.4. The Bertz CT molecular complexity index is 1280. The topological polar surface area (TPSA) is 0 Å². The zero-order valence-electron chi connectivity index (χ0n) is 22.2. The molecule has 0 N–H and O–H groups in total. The molecule has 0 atom stereocenters. The van der Waals surface area contributed by atoms with Crippen molar-refractivity contribution in [3.63, 3.8) is 0 Å². The van der Waals surface area contributed by atoms with Crippen LogP contribution in [0, 0.1) is 3.14 Å². The summed E-state index contributed by atoms with van der Waals surface area (Å²) in [7, 11) is 0. The van der Waals surface area contributed by atoms with Crippen LogP contribution in [0.4, 0.5) is 114 Å². The summed E-state index contributed by atoms with van der Waals surface area (Å²) in [4.78, 5) is 0. The van der Waals surface area contributed by atoms with Gasteiger partial charge in [0.25, 0.3) is 0 Å². The lowest BCUT2D eigenvalue weighted by atomic mass is 9.93. The molecule has 1 rings (SSSR count). The number of hydrogen-bond donors (Lipinski definition) is 0. The summed E-state index contributed by atoms with van der Waals surface area (Å²) in [6.07, 6.45) is -20.8. The Morgan fingerprint density at radius 1 is 0.360 bits per heavy atom. The summed E-state index contributed by atoms with van der Waals surface area (Å²) in [6, 6.07) is 0. The first-order chi connectivity index (χ1) is 21.6. The Morgan fingerprint density at radius 2 is 0.580 bits per heavy atom. The van der Waals surface area contributed by atoms with Crippen molar-refractivity contribution in [3.8, 4) is 0 Å². The largest absolute Gasteiger partial charge is 0.460 e. The molecule has 0 aliphatic heterocycles. The van der Waals surface area contributed by atoms with Crippen molar-refractivity contribution in [2.24, 2.45) is 0 Å². The van der Waals surface area contributed by atoms with E-state index >= 15 is 0 Å². The van der Waals surface area contributed by atoms with Gasteiger partial charge in [-0.3, -0.25) is 0 Å². The fourth-order valence-electron chi connectivity index (χ4n) is 2.89. The van der Waals surface area contributed by atoms with Gasteiger partial charge in [0.05, 0.1) is 8.42 Å². The van der Waals surface area contributed by atoms with Gasteiger partial charge in [0.15, 0.2) is 0 Å². The van der Waals surface area contributed by atoms with Crippen LogP contribution in [0.1, 0.15) is 12.8 Å². The van der Waals surface area contributed by atoms with E-state index in [1.54, 1.807) is 0 Å². The molecule has 0 saturated carbocycles. The Hall–Kier alpha value is -0.850. The molecule has 1 heterocycles. The normalized spacial score (nSPS) is 16.0. The van der Waals surface area contributed by atoms with E-state index in [1.807, 2.05) is 0 Å². The molecule has 31 heteroatoms. The fourth-order valence-corrected chi connectivity index (χ4v) is 9.17. The van der Waals surface area contributed by atoms with Gasteiger partial charge in [-0.25, -0.2) is 0 Å². The van der Waals surface area contributed by atoms with Crippen LogP contribution in [0.5, 0.6) is 0 Å². The fraction of sp³-hybridized carbons (Fsp3) is 0.842. The second-order valence-corrected chi connectivity index (χ2v) is 15.2. The van der Waals surface area contributed by atoms with E-state index in [0.29, 0.717) is 0 Å². The quantitative estimate of drug-likeness (QED) is 0.0922. The van der Waals surface area contributed by atoms with Crippen molar-refractivity contribution < 1.29 is 114 Å². The maximum atomic E-state index is 14.0. The minimum atomic E-state index is -8.19. The van der Waals surface area contributed by atoms with Gasteiger partial charge in [0, 0.05) is 24.3 Å². The average molecular weight is 891 g/mol. The Morgan fingerprint density at radius 3 is 0.800 bits per heavy atom. The first-order valence-corrected chi connectivity index (χ1v) is 15.4. The van der Waals surface area contributed by atoms with Gasteiger partial charge in [0.2, 0.25) is 0 Å². The van der Waals surface area contributed by atoms with E-state index in [4.69, 9.17) is 0 Å². The molecule has 0 nitrogen and oxygen atoms in total.